The lowest BCUT2D eigenvalue weighted by Crippen LogP contribution is -2.52. The van der Waals surface area contributed by atoms with Crippen LogP contribution in [0.25, 0.3) is 6.08 Å². The van der Waals surface area contributed by atoms with E-state index in [2.05, 4.69) is 32.6 Å². The van der Waals surface area contributed by atoms with Crippen molar-refractivity contribution in [3.63, 3.8) is 0 Å². The highest BCUT2D eigenvalue weighted by Gasteiger charge is 2.56. The number of hydrogen-bond donors (Lipinski definition) is 2. The number of allylic oxidation sites excluding steroid dienone is 2. The van der Waals surface area contributed by atoms with Crippen LogP contribution in [0.4, 0.5) is 0 Å². The topological polar surface area (TPSA) is 40.5 Å². The van der Waals surface area contributed by atoms with Crippen molar-refractivity contribution in [3.8, 4) is 0 Å². The molecule has 3 saturated carbocycles. The molecule has 2 unspecified atom stereocenters. The van der Waals surface area contributed by atoms with E-state index < -0.39 is 0 Å². The van der Waals surface area contributed by atoms with Crippen LogP contribution < -0.4 is 0 Å². The summed E-state index contributed by atoms with van der Waals surface area (Å²) in [5.74, 6) is 1.04. The molecule has 0 saturated heterocycles. The second kappa shape index (κ2) is 8.45. The molecule has 0 aromatic heterocycles. The average molecular weight is 429 g/mol. The molecular formula is C27H37ClO2. The van der Waals surface area contributed by atoms with E-state index >= 15 is 0 Å². The van der Waals surface area contributed by atoms with Crippen LogP contribution in [0.3, 0.4) is 0 Å². The molecule has 3 fully saturated rings. The normalized spacial score (nSPS) is 41.9. The number of halogens is 1. The number of fused-ring (bicyclic) bond motifs is 1. The van der Waals surface area contributed by atoms with Gasteiger partial charge in [-0.1, -0.05) is 61.9 Å². The summed E-state index contributed by atoms with van der Waals surface area (Å²) < 4.78 is 0. The highest BCUT2D eigenvalue weighted by atomic mass is 35.5. The number of benzene rings is 1. The third kappa shape index (κ3) is 3.92. The lowest BCUT2D eigenvalue weighted by Gasteiger charge is -2.55. The SMILES string of the molecule is C=C1CCC2[C@H](O)C([C@@]3(C)CC[C@H](O)C[C@@H]3C/C=C\c3ccc(Cl)cc3)CC[C@]12C. The fraction of sp³-hybridized carbons (Fsp3) is 0.630. The Morgan fingerprint density at radius 2 is 1.80 bits per heavy atom. The van der Waals surface area contributed by atoms with Gasteiger partial charge in [0, 0.05) is 5.02 Å². The standard InChI is InChI=1S/C27H37ClO2/c1-18-7-12-23-25(30)24(14-16-26(18,23)2)27(3)15-13-22(29)17-20(27)6-4-5-19-8-10-21(28)11-9-19/h4-5,8-11,20,22-25,29-30H,1,6-7,12-17H2,2-3H3/b5-4-/t20-,22-,23?,24?,25-,26+,27-/m0/s1. The Bertz CT molecular complexity index is 800. The van der Waals surface area contributed by atoms with E-state index in [0.717, 1.165) is 62.0 Å². The zero-order valence-corrected chi connectivity index (χ0v) is 19.2. The van der Waals surface area contributed by atoms with Crippen LogP contribution >= 0.6 is 11.6 Å². The zero-order chi connectivity index (χ0) is 21.5. The van der Waals surface area contributed by atoms with Crippen LogP contribution in [0.2, 0.25) is 5.02 Å². The summed E-state index contributed by atoms with van der Waals surface area (Å²) in [4.78, 5) is 0. The smallest absolute Gasteiger partial charge is 0.0610 e. The van der Waals surface area contributed by atoms with Crippen molar-refractivity contribution in [1.29, 1.82) is 0 Å². The molecule has 0 heterocycles. The molecule has 7 atom stereocenters. The molecule has 30 heavy (non-hydrogen) atoms. The fourth-order valence-electron chi connectivity index (χ4n) is 6.93. The number of hydrogen-bond acceptors (Lipinski definition) is 2. The van der Waals surface area contributed by atoms with Gasteiger partial charge in [-0.2, -0.15) is 0 Å². The minimum absolute atomic E-state index is 0.0637. The minimum Gasteiger partial charge on any atom is -0.393 e. The number of aliphatic hydroxyl groups excluding tert-OH is 2. The highest BCUT2D eigenvalue weighted by Crippen LogP contribution is 2.61. The molecule has 1 aromatic rings. The second-order valence-corrected chi connectivity index (χ2v) is 11.1. The van der Waals surface area contributed by atoms with Gasteiger partial charge in [-0.05, 0) is 97.6 Å². The van der Waals surface area contributed by atoms with E-state index in [9.17, 15) is 10.2 Å². The van der Waals surface area contributed by atoms with Crippen molar-refractivity contribution in [2.24, 2.45) is 28.6 Å². The van der Waals surface area contributed by atoms with Crippen LogP contribution in [-0.4, -0.2) is 22.4 Å². The maximum Gasteiger partial charge on any atom is 0.0610 e. The maximum atomic E-state index is 11.5. The first-order valence-electron chi connectivity index (χ1n) is 11.7. The van der Waals surface area contributed by atoms with E-state index in [-0.39, 0.29) is 23.0 Å². The van der Waals surface area contributed by atoms with Gasteiger partial charge in [0.1, 0.15) is 0 Å². The number of rotatable bonds is 4. The molecule has 0 amide bonds. The Kier molecular flexibility index (Phi) is 6.23. The first-order chi connectivity index (χ1) is 14.2. The van der Waals surface area contributed by atoms with Crippen LogP contribution in [0, 0.1) is 28.6 Å². The van der Waals surface area contributed by atoms with Crippen LogP contribution in [0.5, 0.6) is 0 Å². The summed E-state index contributed by atoms with van der Waals surface area (Å²) >= 11 is 6.00. The van der Waals surface area contributed by atoms with E-state index in [1.807, 2.05) is 24.3 Å². The Hall–Kier alpha value is -1.09. The Labute approximate surface area is 187 Å². The van der Waals surface area contributed by atoms with Gasteiger partial charge in [-0.25, -0.2) is 0 Å². The van der Waals surface area contributed by atoms with Crippen LogP contribution in [0.1, 0.15) is 70.8 Å². The molecular weight excluding hydrogens is 392 g/mol. The zero-order valence-electron chi connectivity index (χ0n) is 18.5. The van der Waals surface area contributed by atoms with Gasteiger partial charge in [-0.3, -0.25) is 0 Å². The molecule has 0 bridgehead atoms. The molecule has 2 nitrogen and oxygen atoms in total. The molecule has 0 spiro atoms. The monoisotopic (exact) mass is 428 g/mol. The second-order valence-electron chi connectivity index (χ2n) is 10.6. The molecule has 0 aliphatic heterocycles. The molecule has 0 radical (unpaired) electrons. The molecule has 3 aliphatic rings. The summed E-state index contributed by atoms with van der Waals surface area (Å²) in [6.45, 7) is 9.05. The van der Waals surface area contributed by atoms with Gasteiger partial charge in [0.05, 0.1) is 12.2 Å². The summed E-state index contributed by atoms with van der Waals surface area (Å²) in [5.41, 5.74) is 2.67. The maximum absolute atomic E-state index is 11.5. The molecule has 3 aliphatic carbocycles. The predicted octanol–water partition coefficient (Wildman–Crippen LogP) is 6.65. The molecule has 4 rings (SSSR count). The Balaban J connectivity index is 1.52. The summed E-state index contributed by atoms with van der Waals surface area (Å²) in [7, 11) is 0. The van der Waals surface area contributed by atoms with E-state index in [0.29, 0.717) is 17.8 Å². The van der Waals surface area contributed by atoms with Gasteiger partial charge < -0.3 is 10.2 Å². The molecule has 3 heteroatoms. The summed E-state index contributed by atoms with van der Waals surface area (Å²) in [6, 6.07) is 7.90. The van der Waals surface area contributed by atoms with Crippen molar-refractivity contribution < 1.29 is 10.2 Å². The lowest BCUT2D eigenvalue weighted by molar-refractivity contribution is -0.118. The van der Waals surface area contributed by atoms with E-state index in [1.54, 1.807) is 0 Å². The lowest BCUT2D eigenvalue weighted by atomic mass is 9.51. The van der Waals surface area contributed by atoms with Crippen LogP contribution in [-0.2, 0) is 0 Å². The first kappa shape index (κ1) is 22.1. The fourth-order valence-corrected chi connectivity index (χ4v) is 7.05. The number of aliphatic hydroxyl groups is 2. The van der Waals surface area contributed by atoms with E-state index in [4.69, 9.17) is 11.6 Å². The first-order valence-corrected chi connectivity index (χ1v) is 12.1. The van der Waals surface area contributed by atoms with Gasteiger partial charge >= 0.3 is 0 Å². The molecule has 2 N–H and O–H groups in total. The van der Waals surface area contributed by atoms with Crippen molar-refractivity contribution in [1.82, 2.24) is 0 Å². The van der Waals surface area contributed by atoms with Crippen molar-refractivity contribution in [2.75, 3.05) is 0 Å². The summed E-state index contributed by atoms with van der Waals surface area (Å²) in [5, 5.41) is 22.7. The molecule has 1 aromatic carbocycles. The molecule has 164 valence electrons. The average Bonchev–Trinajstić information content (AvgIpc) is 3.02. The Morgan fingerprint density at radius 3 is 2.53 bits per heavy atom. The quantitative estimate of drug-likeness (QED) is 0.526. The van der Waals surface area contributed by atoms with Gasteiger partial charge in [0.2, 0.25) is 0 Å². The van der Waals surface area contributed by atoms with Crippen LogP contribution in [0.15, 0.2) is 42.5 Å². The van der Waals surface area contributed by atoms with Crippen molar-refractivity contribution >= 4 is 17.7 Å². The van der Waals surface area contributed by atoms with Gasteiger partial charge in [0.25, 0.3) is 0 Å². The van der Waals surface area contributed by atoms with Gasteiger partial charge in [-0.15, -0.1) is 0 Å². The largest absolute Gasteiger partial charge is 0.393 e. The third-order valence-corrected chi connectivity index (χ3v) is 9.39. The Morgan fingerprint density at radius 1 is 1.07 bits per heavy atom. The van der Waals surface area contributed by atoms with Gasteiger partial charge in [0.15, 0.2) is 0 Å². The summed E-state index contributed by atoms with van der Waals surface area (Å²) in [6.07, 6.45) is 11.9. The minimum atomic E-state index is -0.258. The van der Waals surface area contributed by atoms with Crippen molar-refractivity contribution in [2.45, 2.75) is 77.4 Å². The highest BCUT2D eigenvalue weighted by molar-refractivity contribution is 6.30. The predicted molar refractivity (Wildman–Crippen MR) is 125 cm³/mol. The van der Waals surface area contributed by atoms with E-state index in [1.165, 1.54) is 5.57 Å². The van der Waals surface area contributed by atoms with Crippen molar-refractivity contribution in [3.05, 3.63) is 53.1 Å². The third-order valence-electron chi connectivity index (χ3n) is 9.14.